The first-order valence-corrected chi connectivity index (χ1v) is 8.54. The average molecular weight is 297 g/mol. The second-order valence-electron chi connectivity index (χ2n) is 6.12. The lowest BCUT2D eigenvalue weighted by atomic mass is 9.79. The van der Waals surface area contributed by atoms with Gasteiger partial charge in [0, 0.05) is 17.5 Å². The van der Waals surface area contributed by atoms with Crippen LogP contribution in [0.1, 0.15) is 38.0 Å². The van der Waals surface area contributed by atoms with Crippen molar-refractivity contribution in [3.8, 4) is 0 Å². The molecule has 1 heterocycles. The van der Waals surface area contributed by atoms with Crippen LogP contribution in [0.3, 0.4) is 0 Å². The van der Waals surface area contributed by atoms with E-state index in [1.165, 1.54) is 24.1 Å². The number of ether oxygens (including phenoxy) is 1. The molecule has 0 aromatic carbocycles. The van der Waals surface area contributed by atoms with Crippen LogP contribution in [0.4, 0.5) is 0 Å². The van der Waals surface area contributed by atoms with Crippen molar-refractivity contribution in [3.63, 3.8) is 0 Å². The highest BCUT2D eigenvalue weighted by Crippen LogP contribution is 2.29. The van der Waals surface area contributed by atoms with Crippen LogP contribution in [0.2, 0.25) is 0 Å². The third kappa shape index (κ3) is 5.17. The van der Waals surface area contributed by atoms with E-state index < -0.39 is 6.10 Å². The molecule has 1 aliphatic carbocycles. The Morgan fingerprint density at radius 3 is 2.95 bits per heavy atom. The molecule has 4 unspecified atom stereocenters. The first-order chi connectivity index (χ1) is 9.65. The maximum Gasteiger partial charge on any atom is 0.0897 e. The summed E-state index contributed by atoms with van der Waals surface area (Å²) >= 11 is 1.69. The Morgan fingerprint density at radius 1 is 1.40 bits per heavy atom. The molecule has 1 aromatic rings. The van der Waals surface area contributed by atoms with Gasteiger partial charge in [-0.05, 0) is 42.5 Å². The standard InChI is InChI=1S/C16H27NO2S/c1-12-5-6-14(8-13(12)2)17-9-15(18)10-19-11-16-4-3-7-20-16/h3-4,7,12-15,17-18H,5-6,8-11H2,1-2H3. The first kappa shape index (κ1) is 16.0. The van der Waals surface area contributed by atoms with E-state index in [1.54, 1.807) is 11.3 Å². The monoisotopic (exact) mass is 297 g/mol. The fourth-order valence-electron chi connectivity index (χ4n) is 2.78. The number of rotatable bonds is 7. The van der Waals surface area contributed by atoms with E-state index in [2.05, 4.69) is 25.2 Å². The van der Waals surface area contributed by atoms with Crippen molar-refractivity contribution >= 4 is 11.3 Å². The molecule has 0 amide bonds. The van der Waals surface area contributed by atoms with Crippen molar-refractivity contribution in [2.75, 3.05) is 13.2 Å². The van der Waals surface area contributed by atoms with Crippen molar-refractivity contribution in [3.05, 3.63) is 22.4 Å². The quantitative estimate of drug-likeness (QED) is 0.813. The second kappa shape index (κ2) is 8.13. The van der Waals surface area contributed by atoms with E-state index in [4.69, 9.17) is 4.74 Å². The Balaban J connectivity index is 1.57. The third-order valence-corrected chi connectivity index (χ3v) is 5.22. The van der Waals surface area contributed by atoms with Crippen LogP contribution in [0.5, 0.6) is 0 Å². The summed E-state index contributed by atoms with van der Waals surface area (Å²) in [5.74, 6) is 1.63. The molecule has 1 aliphatic rings. The van der Waals surface area contributed by atoms with Crippen LogP contribution in [0.25, 0.3) is 0 Å². The molecule has 4 heteroatoms. The highest BCUT2D eigenvalue weighted by atomic mass is 32.1. The van der Waals surface area contributed by atoms with Gasteiger partial charge in [0.05, 0.1) is 19.3 Å². The Hall–Kier alpha value is -0.420. The van der Waals surface area contributed by atoms with Gasteiger partial charge in [0.25, 0.3) is 0 Å². The maximum atomic E-state index is 9.94. The number of nitrogens with one attached hydrogen (secondary N) is 1. The predicted octanol–water partition coefficient (Wildman–Crippen LogP) is 3.04. The van der Waals surface area contributed by atoms with Crippen LogP contribution in [-0.2, 0) is 11.3 Å². The van der Waals surface area contributed by atoms with Crippen LogP contribution >= 0.6 is 11.3 Å². The van der Waals surface area contributed by atoms with Gasteiger partial charge in [-0.3, -0.25) is 0 Å². The second-order valence-corrected chi connectivity index (χ2v) is 7.15. The fraction of sp³-hybridized carbons (Fsp3) is 0.750. The zero-order chi connectivity index (χ0) is 14.4. The number of aliphatic hydroxyl groups excluding tert-OH is 1. The summed E-state index contributed by atoms with van der Waals surface area (Å²) in [5, 5.41) is 15.5. The summed E-state index contributed by atoms with van der Waals surface area (Å²) < 4.78 is 5.54. The van der Waals surface area contributed by atoms with Gasteiger partial charge in [-0.2, -0.15) is 0 Å². The van der Waals surface area contributed by atoms with Crippen molar-refractivity contribution in [1.29, 1.82) is 0 Å². The molecule has 1 fully saturated rings. The predicted molar refractivity (Wildman–Crippen MR) is 84.0 cm³/mol. The van der Waals surface area contributed by atoms with Crippen molar-refractivity contribution in [2.24, 2.45) is 11.8 Å². The number of thiophene rings is 1. The SMILES string of the molecule is CC1CCC(NCC(O)COCc2cccs2)CC1C. The minimum Gasteiger partial charge on any atom is -0.389 e. The molecular weight excluding hydrogens is 270 g/mol. The molecule has 4 atom stereocenters. The Morgan fingerprint density at radius 2 is 2.25 bits per heavy atom. The normalized spacial score (nSPS) is 28.4. The van der Waals surface area contributed by atoms with Gasteiger partial charge in [-0.25, -0.2) is 0 Å². The molecule has 0 bridgehead atoms. The number of hydrogen-bond acceptors (Lipinski definition) is 4. The van der Waals surface area contributed by atoms with Crippen LogP contribution in [-0.4, -0.2) is 30.4 Å². The minimum absolute atomic E-state index is 0.406. The summed E-state index contributed by atoms with van der Waals surface area (Å²) in [6.45, 7) is 6.32. The third-order valence-electron chi connectivity index (χ3n) is 4.37. The van der Waals surface area contributed by atoms with Gasteiger partial charge >= 0.3 is 0 Å². The summed E-state index contributed by atoms with van der Waals surface area (Å²) in [5.41, 5.74) is 0. The van der Waals surface area contributed by atoms with Crippen LogP contribution < -0.4 is 5.32 Å². The Bertz CT molecular complexity index is 369. The largest absolute Gasteiger partial charge is 0.389 e. The molecule has 114 valence electrons. The van der Waals surface area contributed by atoms with Gasteiger partial charge in [0.2, 0.25) is 0 Å². The Kier molecular flexibility index (Phi) is 6.49. The smallest absolute Gasteiger partial charge is 0.0897 e. The van der Waals surface area contributed by atoms with Gasteiger partial charge in [-0.1, -0.05) is 19.9 Å². The van der Waals surface area contributed by atoms with E-state index in [0.717, 1.165) is 11.8 Å². The lowest BCUT2D eigenvalue weighted by Crippen LogP contribution is -2.41. The summed E-state index contributed by atoms with van der Waals surface area (Å²) in [6, 6.07) is 4.64. The van der Waals surface area contributed by atoms with Crippen molar-refractivity contribution in [2.45, 2.75) is 51.9 Å². The summed E-state index contributed by atoms with van der Waals surface area (Å²) in [7, 11) is 0. The molecule has 3 nitrogen and oxygen atoms in total. The van der Waals surface area contributed by atoms with Crippen molar-refractivity contribution < 1.29 is 9.84 Å². The molecule has 20 heavy (non-hydrogen) atoms. The fourth-order valence-corrected chi connectivity index (χ4v) is 3.43. The van der Waals surface area contributed by atoms with E-state index in [0.29, 0.717) is 25.8 Å². The molecule has 2 N–H and O–H groups in total. The molecule has 0 radical (unpaired) electrons. The highest BCUT2D eigenvalue weighted by Gasteiger charge is 2.24. The van der Waals surface area contributed by atoms with E-state index in [-0.39, 0.29) is 0 Å². The maximum absolute atomic E-state index is 9.94. The van der Waals surface area contributed by atoms with Gasteiger partial charge in [0.15, 0.2) is 0 Å². The molecule has 1 saturated carbocycles. The number of hydrogen-bond donors (Lipinski definition) is 2. The topological polar surface area (TPSA) is 41.5 Å². The molecule has 0 spiro atoms. The van der Waals surface area contributed by atoms with E-state index in [1.807, 2.05) is 11.4 Å². The average Bonchev–Trinajstić information content (AvgIpc) is 2.93. The number of aliphatic hydroxyl groups is 1. The van der Waals surface area contributed by atoms with Crippen LogP contribution in [0, 0.1) is 11.8 Å². The zero-order valence-electron chi connectivity index (χ0n) is 12.5. The van der Waals surface area contributed by atoms with Crippen molar-refractivity contribution in [1.82, 2.24) is 5.32 Å². The van der Waals surface area contributed by atoms with Gasteiger partial charge in [0.1, 0.15) is 0 Å². The molecule has 2 rings (SSSR count). The Labute approximate surface area is 126 Å². The van der Waals surface area contributed by atoms with Gasteiger partial charge in [-0.15, -0.1) is 11.3 Å². The lowest BCUT2D eigenvalue weighted by Gasteiger charge is -2.33. The van der Waals surface area contributed by atoms with Gasteiger partial charge < -0.3 is 15.2 Å². The van der Waals surface area contributed by atoms with E-state index in [9.17, 15) is 5.11 Å². The first-order valence-electron chi connectivity index (χ1n) is 7.66. The molecule has 1 aromatic heterocycles. The summed E-state index contributed by atoms with van der Waals surface area (Å²) in [4.78, 5) is 1.21. The van der Waals surface area contributed by atoms with Crippen LogP contribution in [0.15, 0.2) is 17.5 Å². The molecular formula is C16H27NO2S. The summed E-state index contributed by atoms with van der Waals surface area (Å²) in [6.07, 6.45) is 3.34. The zero-order valence-corrected chi connectivity index (χ0v) is 13.4. The lowest BCUT2D eigenvalue weighted by molar-refractivity contribution is 0.0271. The molecule has 0 aliphatic heterocycles. The van der Waals surface area contributed by atoms with E-state index >= 15 is 0 Å². The molecule has 0 saturated heterocycles. The highest BCUT2D eigenvalue weighted by molar-refractivity contribution is 7.09. The minimum atomic E-state index is -0.412.